The summed E-state index contributed by atoms with van der Waals surface area (Å²) >= 11 is 0. The first-order valence-electron chi connectivity index (χ1n) is 12.7. The van der Waals surface area contributed by atoms with Gasteiger partial charge in [0.1, 0.15) is 5.82 Å². The van der Waals surface area contributed by atoms with Crippen molar-refractivity contribution in [1.29, 1.82) is 0 Å². The van der Waals surface area contributed by atoms with Crippen LogP contribution in [-0.4, -0.2) is 78.0 Å². The second-order valence-electron chi connectivity index (χ2n) is 9.21. The molecule has 1 saturated heterocycles. The maximum atomic E-state index is 13.6. The molecule has 2 aliphatic rings. The second-order valence-corrected chi connectivity index (χ2v) is 9.21. The molecular weight excluding hydrogens is 475 g/mol. The molecule has 0 radical (unpaired) electrons. The number of nitrogens with zero attached hydrogens (tertiary/aromatic N) is 3. The molecule has 0 aliphatic carbocycles. The lowest BCUT2D eigenvalue weighted by Gasteiger charge is -2.43. The Labute approximate surface area is 216 Å². The van der Waals surface area contributed by atoms with Crippen LogP contribution in [0.4, 0.5) is 9.18 Å². The Morgan fingerprint density at radius 2 is 1.76 bits per heavy atom. The normalized spacial score (nSPS) is 20.6. The Hall–Kier alpha value is -3.72. The van der Waals surface area contributed by atoms with Gasteiger partial charge in [-0.1, -0.05) is 30.3 Å². The van der Waals surface area contributed by atoms with Gasteiger partial charge in [-0.05, 0) is 50.6 Å². The fourth-order valence-electron chi connectivity index (χ4n) is 5.00. The van der Waals surface area contributed by atoms with Crippen LogP contribution in [0.5, 0.6) is 0 Å². The van der Waals surface area contributed by atoms with Crippen molar-refractivity contribution >= 4 is 17.9 Å². The summed E-state index contributed by atoms with van der Waals surface area (Å²) in [6, 6.07) is 13.8. The van der Waals surface area contributed by atoms with Crippen molar-refractivity contribution in [3.63, 3.8) is 0 Å². The molecule has 0 saturated carbocycles. The first kappa shape index (κ1) is 26.3. The maximum Gasteiger partial charge on any atom is 0.338 e. The molecule has 2 heterocycles. The van der Waals surface area contributed by atoms with E-state index in [1.165, 1.54) is 12.1 Å². The van der Waals surface area contributed by atoms with Gasteiger partial charge < -0.3 is 15.0 Å². The van der Waals surface area contributed by atoms with Crippen LogP contribution < -0.4 is 5.32 Å². The van der Waals surface area contributed by atoms with Gasteiger partial charge in [-0.2, -0.15) is 0 Å². The average molecular weight is 509 g/mol. The summed E-state index contributed by atoms with van der Waals surface area (Å²) in [4.78, 5) is 44.9. The van der Waals surface area contributed by atoms with E-state index < -0.39 is 17.8 Å². The summed E-state index contributed by atoms with van der Waals surface area (Å²) in [6.45, 7) is 8.16. The van der Waals surface area contributed by atoms with E-state index in [4.69, 9.17) is 4.74 Å². The number of carbonyl (C=O) groups is 3. The Balaban J connectivity index is 1.63. The molecule has 0 aromatic heterocycles. The summed E-state index contributed by atoms with van der Waals surface area (Å²) in [6.07, 6.45) is 0. The molecule has 0 bridgehead atoms. The van der Waals surface area contributed by atoms with Gasteiger partial charge in [0.2, 0.25) is 0 Å². The standard InChI is InChI=1S/C28H33FN4O4/c1-4-32-23(18-31-15-16-33(19(3)17-31)26(34)21-9-7-6-8-10-21)24(27(35)37-5-2)25(30-28(32)36)20-11-13-22(29)14-12-20/h6-14,19,25H,4-5,15-18H2,1-3H3,(H,30,36). The molecule has 4 rings (SSSR count). The van der Waals surface area contributed by atoms with Crippen molar-refractivity contribution < 1.29 is 23.5 Å². The third-order valence-corrected chi connectivity index (χ3v) is 6.82. The number of nitrogens with one attached hydrogen (secondary N) is 1. The second kappa shape index (κ2) is 11.6. The van der Waals surface area contributed by atoms with Gasteiger partial charge >= 0.3 is 12.0 Å². The zero-order valence-corrected chi connectivity index (χ0v) is 21.4. The van der Waals surface area contributed by atoms with Gasteiger partial charge in [0, 0.05) is 50.0 Å². The van der Waals surface area contributed by atoms with Crippen LogP contribution in [0, 0.1) is 5.82 Å². The zero-order chi connectivity index (χ0) is 26.5. The van der Waals surface area contributed by atoms with Gasteiger partial charge in [-0.15, -0.1) is 0 Å². The van der Waals surface area contributed by atoms with Crippen molar-refractivity contribution in [2.24, 2.45) is 0 Å². The van der Waals surface area contributed by atoms with Gasteiger partial charge in [0.25, 0.3) is 5.91 Å². The van der Waals surface area contributed by atoms with Crippen molar-refractivity contribution in [2.45, 2.75) is 32.9 Å². The average Bonchev–Trinajstić information content (AvgIpc) is 2.89. The quantitative estimate of drug-likeness (QED) is 0.579. The maximum absolute atomic E-state index is 13.6. The molecule has 3 amide bonds. The van der Waals surface area contributed by atoms with E-state index in [1.54, 1.807) is 24.0 Å². The summed E-state index contributed by atoms with van der Waals surface area (Å²) in [5.41, 5.74) is 2.15. The van der Waals surface area contributed by atoms with Gasteiger partial charge in [0.05, 0.1) is 18.2 Å². The molecule has 2 unspecified atom stereocenters. The van der Waals surface area contributed by atoms with E-state index in [1.807, 2.05) is 49.1 Å². The number of carbonyl (C=O) groups excluding carboxylic acids is 3. The third kappa shape index (κ3) is 5.67. The van der Waals surface area contributed by atoms with Crippen molar-refractivity contribution in [1.82, 2.24) is 20.0 Å². The van der Waals surface area contributed by atoms with Crippen LogP contribution in [0.25, 0.3) is 0 Å². The highest BCUT2D eigenvalue weighted by molar-refractivity contribution is 5.95. The van der Waals surface area contributed by atoms with Crippen molar-refractivity contribution in [3.8, 4) is 0 Å². The van der Waals surface area contributed by atoms with Crippen LogP contribution in [-0.2, 0) is 9.53 Å². The number of benzene rings is 2. The lowest BCUT2D eigenvalue weighted by molar-refractivity contribution is -0.139. The van der Waals surface area contributed by atoms with Crippen LogP contribution in [0.15, 0.2) is 65.9 Å². The molecule has 0 spiro atoms. The minimum absolute atomic E-state index is 0.0113. The van der Waals surface area contributed by atoms with Gasteiger partial charge in [-0.25, -0.2) is 14.0 Å². The third-order valence-electron chi connectivity index (χ3n) is 6.82. The molecule has 37 heavy (non-hydrogen) atoms. The Morgan fingerprint density at radius 3 is 2.38 bits per heavy atom. The molecule has 1 N–H and O–H groups in total. The number of rotatable bonds is 7. The predicted molar refractivity (Wildman–Crippen MR) is 137 cm³/mol. The Morgan fingerprint density at radius 1 is 1.05 bits per heavy atom. The number of ether oxygens (including phenoxy) is 1. The molecule has 196 valence electrons. The van der Waals surface area contributed by atoms with Crippen LogP contribution in [0.2, 0.25) is 0 Å². The Kier molecular flexibility index (Phi) is 8.23. The van der Waals surface area contributed by atoms with E-state index in [2.05, 4.69) is 10.2 Å². The van der Waals surface area contributed by atoms with Crippen LogP contribution in [0.3, 0.4) is 0 Å². The van der Waals surface area contributed by atoms with E-state index >= 15 is 0 Å². The number of likely N-dealkylation sites (N-methyl/N-ethyl adjacent to an activating group) is 1. The van der Waals surface area contributed by atoms with E-state index in [0.717, 1.165) is 0 Å². The topological polar surface area (TPSA) is 82.2 Å². The fraction of sp³-hybridized carbons (Fsp3) is 0.393. The molecular formula is C28H33FN4O4. The van der Waals surface area contributed by atoms with E-state index in [0.29, 0.717) is 55.1 Å². The molecule has 8 nitrogen and oxygen atoms in total. The number of hydrogen-bond donors (Lipinski definition) is 1. The molecule has 9 heteroatoms. The summed E-state index contributed by atoms with van der Waals surface area (Å²) in [5, 5.41) is 2.89. The number of amides is 3. The number of piperazine rings is 1. The fourth-order valence-corrected chi connectivity index (χ4v) is 5.00. The number of urea groups is 1. The van der Waals surface area contributed by atoms with Crippen molar-refractivity contribution in [2.75, 3.05) is 39.3 Å². The minimum atomic E-state index is -0.761. The number of esters is 1. The van der Waals surface area contributed by atoms with Gasteiger partial charge in [-0.3, -0.25) is 14.6 Å². The highest BCUT2D eigenvalue weighted by Gasteiger charge is 2.39. The summed E-state index contributed by atoms with van der Waals surface area (Å²) < 4.78 is 19.0. The highest BCUT2D eigenvalue weighted by atomic mass is 19.1. The monoisotopic (exact) mass is 508 g/mol. The number of hydrogen-bond acceptors (Lipinski definition) is 5. The molecule has 1 fully saturated rings. The number of halogens is 1. The van der Waals surface area contributed by atoms with E-state index in [9.17, 15) is 18.8 Å². The Bertz CT molecular complexity index is 1170. The largest absolute Gasteiger partial charge is 0.463 e. The first-order chi connectivity index (χ1) is 17.8. The van der Waals surface area contributed by atoms with Crippen LogP contribution >= 0.6 is 0 Å². The molecule has 2 aromatic carbocycles. The van der Waals surface area contributed by atoms with Crippen LogP contribution in [0.1, 0.15) is 42.7 Å². The lowest BCUT2D eigenvalue weighted by Crippen LogP contribution is -2.56. The SMILES string of the molecule is CCOC(=O)C1=C(CN2CCN(C(=O)c3ccccc3)C(C)C2)N(CC)C(=O)NC1c1ccc(F)cc1. The minimum Gasteiger partial charge on any atom is -0.463 e. The van der Waals surface area contributed by atoms with E-state index in [-0.39, 0.29) is 24.6 Å². The molecule has 2 aliphatic heterocycles. The zero-order valence-electron chi connectivity index (χ0n) is 21.4. The highest BCUT2D eigenvalue weighted by Crippen LogP contribution is 2.32. The first-order valence-corrected chi connectivity index (χ1v) is 12.7. The molecule has 2 atom stereocenters. The lowest BCUT2D eigenvalue weighted by atomic mass is 9.94. The molecule has 2 aromatic rings. The van der Waals surface area contributed by atoms with Gasteiger partial charge in [0.15, 0.2) is 0 Å². The predicted octanol–water partition coefficient (Wildman–Crippen LogP) is 3.58. The summed E-state index contributed by atoms with van der Waals surface area (Å²) in [5.74, 6) is -0.932. The van der Waals surface area contributed by atoms with Crippen molar-refractivity contribution in [3.05, 3.63) is 82.8 Å². The smallest absolute Gasteiger partial charge is 0.338 e. The summed E-state index contributed by atoms with van der Waals surface area (Å²) in [7, 11) is 0.